The van der Waals surface area contributed by atoms with Crippen molar-refractivity contribution in [3.05, 3.63) is 23.5 Å². The second-order valence-corrected chi connectivity index (χ2v) is 5.77. The summed E-state index contributed by atoms with van der Waals surface area (Å²) in [7, 11) is -3.73. The van der Waals surface area contributed by atoms with Crippen molar-refractivity contribution in [2.24, 2.45) is 0 Å². The van der Waals surface area contributed by atoms with E-state index >= 15 is 0 Å². The zero-order valence-electron chi connectivity index (χ0n) is 11.2. The number of aryl methyl sites for hydroxylation is 1. The fourth-order valence-corrected chi connectivity index (χ4v) is 2.78. The molecule has 0 aliphatic carbocycles. The molecule has 0 unspecified atom stereocenters. The van der Waals surface area contributed by atoms with E-state index in [1.807, 2.05) is 6.92 Å². The van der Waals surface area contributed by atoms with Crippen molar-refractivity contribution >= 4 is 10.0 Å². The second kappa shape index (κ2) is 6.11. The Morgan fingerprint density at radius 2 is 2.20 bits per heavy atom. The Labute approximate surface area is 116 Å². The summed E-state index contributed by atoms with van der Waals surface area (Å²) in [6.45, 7) is 4.83. The molecule has 2 rings (SSSR count). The van der Waals surface area contributed by atoms with Gasteiger partial charge in [-0.2, -0.15) is 10.1 Å². The number of aromatic nitrogens is 4. The maximum atomic E-state index is 12.2. The van der Waals surface area contributed by atoms with E-state index in [4.69, 9.17) is 0 Å². The van der Waals surface area contributed by atoms with Crippen LogP contribution in [0.1, 0.15) is 24.0 Å². The Morgan fingerprint density at radius 1 is 1.40 bits per heavy atom. The van der Waals surface area contributed by atoms with Crippen LogP contribution in [0.25, 0.3) is 0 Å². The summed E-state index contributed by atoms with van der Waals surface area (Å²) >= 11 is 0. The predicted molar refractivity (Wildman–Crippen MR) is 69.0 cm³/mol. The van der Waals surface area contributed by atoms with Gasteiger partial charge in [0.15, 0.2) is 10.9 Å². The highest BCUT2D eigenvalue weighted by atomic mass is 32.2. The minimum atomic E-state index is -3.73. The zero-order valence-corrected chi connectivity index (χ0v) is 12.0. The standard InChI is InChI=1S/C10H16N6O3S/c1-3-11-4-8-7(2)14-15-10(8)20(17,18)13-5-9-12-6-19-16-9/h6,11,13H,3-5H2,1-2H3,(H,14,15). The van der Waals surface area contributed by atoms with Gasteiger partial charge < -0.3 is 9.84 Å². The van der Waals surface area contributed by atoms with Gasteiger partial charge in [-0.1, -0.05) is 12.1 Å². The summed E-state index contributed by atoms with van der Waals surface area (Å²) in [6, 6.07) is 0. The molecule has 0 saturated heterocycles. The van der Waals surface area contributed by atoms with Crippen molar-refractivity contribution in [3.8, 4) is 0 Å². The van der Waals surface area contributed by atoms with Gasteiger partial charge in [-0.25, -0.2) is 13.1 Å². The van der Waals surface area contributed by atoms with Crippen molar-refractivity contribution in [3.63, 3.8) is 0 Å². The molecule has 0 aromatic carbocycles. The van der Waals surface area contributed by atoms with Crippen LogP contribution in [0.4, 0.5) is 0 Å². The van der Waals surface area contributed by atoms with E-state index in [2.05, 4.69) is 34.9 Å². The average Bonchev–Trinajstić information content (AvgIpc) is 3.04. The molecule has 0 radical (unpaired) electrons. The summed E-state index contributed by atoms with van der Waals surface area (Å²) in [6.07, 6.45) is 1.14. The summed E-state index contributed by atoms with van der Waals surface area (Å²) in [5.74, 6) is 0.258. The summed E-state index contributed by atoms with van der Waals surface area (Å²) in [4.78, 5) is 3.74. The molecule has 2 aromatic rings. The van der Waals surface area contributed by atoms with Crippen LogP contribution in [-0.4, -0.2) is 35.3 Å². The molecular weight excluding hydrogens is 284 g/mol. The van der Waals surface area contributed by atoms with Gasteiger partial charge in [-0.15, -0.1) is 0 Å². The topological polar surface area (TPSA) is 126 Å². The van der Waals surface area contributed by atoms with E-state index in [0.717, 1.165) is 12.9 Å². The van der Waals surface area contributed by atoms with Crippen LogP contribution in [0.5, 0.6) is 0 Å². The van der Waals surface area contributed by atoms with Crippen LogP contribution >= 0.6 is 0 Å². The monoisotopic (exact) mass is 300 g/mol. The molecule has 110 valence electrons. The molecule has 0 aliphatic rings. The molecule has 0 spiro atoms. The lowest BCUT2D eigenvalue weighted by Gasteiger charge is -2.06. The van der Waals surface area contributed by atoms with Gasteiger partial charge in [0.05, 0.1) is 6.54 Å². The predicted octanol–water partition coefficient (Wildman–Crippen LogP) is -0.311. The molecule has 0 atom stereocenters. The molecular formula is C10H16N6O3S. The van der Waals surface area contributed by atoms with E-state index in [0.29, 0.717) is 17.8 Å². The quantitative estimate of drug-likeness (QED) is 0.640. The van der Waals surface area contributed by atoms with Gasteiger partial charge in [-0.05, 0) is 13.5 Å². The third-order valence-electron chi connectivity index (χ3n) is 2.67. The van der Waals surface area contributed by atoms with E-state index in [9.17, 15) is 8.42 Å². The van der Waals surface area contributed by atoms with E-state index in [-0.39, 0.29) is 17.4 Å². The highest BCUT2D eigenvalue weighted by Gasteiger charge is 2.23. The first-order valence-electron chi connectivity index (χ1n) is 6.04. The molecule has 9 nitrogen and oxygen atoms in total. The fraction of sp³-hybridized carbons (Fsp3) is 0.500. The lowest BCUT2D eigenvalue weighted by Crippen LogP contribution is -2.26. The number of hydrogen-bond donors (Lipinski definition) is 3. The average molecular weight is 300 g/mol. The van der Waals surface area contributed by atoms with Crippen LogP contribution in [0.3, 0.4) is 0 Å². The summed E-state index contributed by atoms with van der Waals surface area (Å²) in [5, 5.41) is 13.2. The number of aromatic amines is 1. The molecule has 0 aliphatic heterocycles. The van der Waals surface area contributed by atoms with Gasteiger partial charge >= 0.3 is 0 Å². The Kier molecular flexibility index (Phi) is 4.47. The van der Waals surface area contributed by atoms with Gasteiger partial charge in [0.25, 0.3) is 10.0 Å². The first-order chi connectivity index (χ1) is 9.54. The smallest absolute Gasteiger partial charge is 0.260 e. The van der Waals surface area contributed by atoms with E-state index < -0.39 is 10.0 Å². The van der Waals surface area contributed by atoms with Crippen LogP contribution in [0.15, 0.2) is 15.9 Å². The highest BCUT2D eigenvalue weighted by molar-refractivity contribution is 7.89. The Hall–Kier alpha value is -1.78. The first-order valence-corrected chi connectivity index (χ1v) is 7.52. The number of H-pyrrole nitrogens is 1. The number of rotatable bonds is 7. The SMILES string of the molecule is CCNCc1c(S(=O)(=O)NCc2ncon2)n[nH]c1C. The molecule has 2 heterocycles. The van der Waals surface area contributed by atoms with Crippen molar-refractivity contribution in [2.45, 2.75) is 32.0 Å². The van der Waals surface area contributed by atoms with Crippen LogP contribution in [0, 0.1) is 6.92 Å². The van der Waals surface area contributed by atoms with E-state index in [1.165, 1.54) is 0 Å². The molecule has 0 amide bonds. The molecule has 0 fully saturated rings. The van der Waals surface area contributed by atoms with Crippen LogP contribution in [-0.2, 0) is 23.1 Å². The molecule has 0 saturated carbocycles. The number of hydrogen-bond acceptors (Lipinski definition) is 7. The largest absolute Gasteiger partial charge is 0.343 e. The summed E-state index contributed by atoms with van der Waals surface area (Å²) < 4.78 is 31.4. The van der Waals surface area contributed by atoms with E-state index in [1.54, 1.807) is 6.92 Å². The molecule has 0 bridgehead atoms. The normalized spacial score (nSPS) is 11.9. The maximum absolute atomic E-state index is 12.2. The van der Waals surface area contributed by atoms with Gasteiger partial charge in [0, 0.05) is 17.8 Å². The molecule has 20 heavy (non-hydrogen) atoms. The fourth-order valence-electron chi connectivity index (χ4n) is 1.61. The molecule has 2 aromatic heterocycles. The maximum Gasteiger partial charge on any atom is 0.260 e. The Bertz CT molecular complexity index is 649. The van der Waals surface area contributed by atoms with Gasteiger partial charge in [-0.3, -0.25) is 5.10 Å². The second-order valence-electron chi connectivity index (χ2n) is 4.08. The molecule has 3 N–H and O–H groups in total. The minimum Gasteiger partial charge on any atom is -0.343 e. The van der Waals surface area contributed by atoms with Crippen molar-refractivity contribution < 1.29 is 12.9 Å². The third kappa shape index (κ3) is 3.21. The van der Waals surface area contributed by atoms with Crippen LogP contribution < -0.4 is 10.0 Å². The highest BCUT2D eigenvalue weighted by Crippen LogP contribution is 2.16. The summed E-state index contributed by atoms with van der Waals surface area (Å²) in [5.41, 5.74) is 1.33. The Balaban J connectivity index is 2.16. The Morgan fingerprint density at radius 3 is 2.85 bits per heavy atom. The van der Waals surface area contributed by atoms with Gasteiger partial charge in [0.2, 0.25) is 6.39 Å². The lowest BCUT2D eigenvalue weighted by molar-refractivity contribution is 0.409. The van der Waals surface area contributed by atoms with Crippen molar-refractivity contribution in [2.75, 3.05) is 6.54 Å². The first kappa shape index (κ1) is 14.6. The minimum absolute atomic E-state index is 0.0144. The lowest BCUT2D eigenvalue weighted by atomic mass is 10.2. The van der Waals surface area contributed by atoms with Crippen molar-refractivity contribution in [1.29, 1.82) is 0 Å². The molecule has 10 heteroatoms. The number of nitrogens with zero attached hydrogens (tertiary/aromatic N) is 3. The van der Waals surface area contributed by atoms with Crippen LogP contribution in [0.2, 0.25) is 0 Å². The zero-order chi connectivity index (χ0) is 14.6. The number of nitrogens with one attached hydrogen (secondary N) is 3. The van der Waals surface area contributed by atoms with Gasteiger partial charge in [0.1, 0.15) is 0 Å². The third-order valence-corrected chi connectivity index (χ3v) is 4.04. The number of sulfonamides is 1. The van der Waals surface area contributed by atoms with Crippen molar-refractivity contribution in [1.82, 2.24) is 30.4 Å².